The normalized spacial score (nSPS) is 10.5. The molecule has 19 heavy (non-hydrogen) atoms. The lowest BCUT2D eigenvalue weighted by Gasteiger charge is -2.12. The first-order valence-electron chi connectivity index (χ1n) is 5.51. The number of esters is 1. The van der Waals surface area contributed by atoms with Gasteiger partial charge in [0.05, 0.1) is 25.0 Å². The maximum Gasteiger partial charge on any atom is 0.343 e. The number of hydrazone groups is 1. The molecule has 0 aromatic heterocycles. The van der Waals surface area contributed by atoms with Crippen LogP contribution in [0.5, 0.6) is 11.5 Å². The molecule has 0 heterocycles. The summed E-state index contributed by atoms with van der Waals surface area (Å²) in [5.74, 6) is 5.39. The molecule has 104 valence electrons. The molecule has 0 saturated carbocycles. The molecule has 7 heteroatoms. The quantitative estimate of drug-likeness (QED) is 0.371. The highest BCUT2D eigenvalue weighted by atomic mass is 35.5. The molecular formula is C12H15ClN2O4. The molecule has 1 aromatic carbocycles. The van der Waals surface area contributed by atoms with Crippen molar-refractivity contribution in [2.45, 2.75) is 6.92 Å². The number of halogens is 1. The van der Waals surface area contributed by atoms with E-state index in [9.17, 15) is 4.79 Å². The van der Waals surface area contributed by atoms with Crippen molar-refractivity contribution >= 4 is 23.8 Å². The molecule has 0 fully saturated rings. The average molecular weight is 287 g/mol. The smallest absolute Gasteiger partial charge is 0.343 e. The van der Waals surface area contributed by atoms with Gasteiger partial charge in [0, 0.05) is 11.6 Å². The summed E-state index contributed by atoms with van der Waals surface area (Å²) in [6.45, 7) is 2.04. The summed E-state index contributed by atoms with van der Waals surface area (Å²) >= 11 is 6.03. The maximum atomic E-state index is 11.0. The van der Waals surface area contributed by atoms with Gasteiger partial charge in [0.25, 0.3) is 0 Å². The van der Waals surface area contributed by atoms with E-state index in [-0.39, 0.29) is 6.61 Å². The van der Waals surface area contributed by atoms with Crippen molar-refractivity contribution in [3.05, 3.63) is 22.7 Å². The van der Waals surface area contributed by atoms with E-state index in [2.05, 4.69) is 9.84 Å². The van der Waals surface area contributed by atoms with Crippen LogP contribution in [0.15, 0.2) is 17.2 Å². The lowest BCUT2D eigenvalue weighted by atomic mass is 10.2. The SMILES string of the molecule is CCOc1cc(C=NN)c(Cl)cc1OCC(=O)OC. The van der Waals surface area contributed by atoms with Gasteiger partial charge in [-0.25, -0.2) is 4.79 Å². The molecule has 0 radical (unpaired) electrons. The molecule has 0 saturated heterocycles. The van der Waals surface area contributed by atoms with Crippen molar-refractivity contribution in [3.8, 4) is 11.5 Å². The molecule has 1 aromatic rings. The summed E-state index contributed by atoms with van der Waals surface area (Å²) in [5.41, 5.74) is 0.595. The largest absolute Gasteiger partial charge is 0.490 e. The summed E-state index contributed by atoms with van der Waals surface area (Å²) in [6, 6.07) is 3.17. The third-order valence-electron chi connectivity index (χ3n) is 2.15. The molecule has 6 nitrogen and oxygen atoms in total. The van der Waals surface area contributed by atoms with E-state index in [1.54, 1.807) is 6.07 Å². The molecule has 1 rings (SSSR count). The summed E-state index contributed by atoms with van der Waals surface area (Å²) < 4.78 is 15.2. The molecule has 0 spiro atoms. The Morgan fingerprint density at radius 2 is 2.11 bits per heavy atom. The molecule has 0 unspecified atom stereocenters. The Bertz CT molecular complexity index is 477. The predicted molar refractivity (Wildman–Crippen MR) is 71.9 cm³/mol. The van der Waals surface area contributed by atoms with E-state index in [0.717, 1.165) is 0 Å². The maximum absolute atomic E-state index is 11.0. The predicted octanol–water partition coefficient (Wildman–Crippen LogP) is 1.58. The van der Waals surface area contributed by atoms with Crippen molar-refractivity contribution < 1.29 is 19.0 Å². The first kappa shape index (κ1) is 15.1. The second-order valence-electron chi connectivity index (χ2n) is 3.40. The van der Waals surface area contributed by atoms with Crippen LogP contribution in [-0.4, -0.2) is 32.5 Å². The number of hydrogen-bond donors (Lipinski definition) is 1. The Hall–Kier alpha value is -1.95. The van der Waals surface area contributed by atoms with Gasteiger partial charge in [-0.05, 0) is 13.0 Å². The Balaban J connectivity index is 3.00. The third kappa shape index (κ3) is 4.33. The number of hydrogen-bond acceptors (Lipinski definition) is 6. The molecule has 0 aliphatic heterocycles. The summed E-state index contributed by atoms with van der Waals surface area (Å²) in [4.78, 5) is 11.0. The van der Waals surface area contributed by atoms with E-state index >= 15 is 0 Å². The number of nitrogens with two attached hydrogens (primary N) is 1. The molecule has 0 aliphatic rings. The van der Waals surface area contributed by atoms with Gasteiger partial charge in [-0.15, -0.1) is 0 Å². The van der Waals surface area contributed by atoms with Crippen molar-refractivity contribution in [1.29, 1.82) is 0 Å². The first-order chi connectivity index (χ1) is 9.12. The Morgan fingerprint density at radius 1 is 1.42 bits per heavy atom. The van der Waals surface area contributed by atoms with Gasteiger partial charge in [0.2, 0.25) is 0 Å². The minimum Gasteiger partial charge on any atom is -0.490 e. The van der Waals surface area contributed by atoms with Gasteiger partial charge in [0.1, 0.15) is 0 Å². The number of ether oxygens (including phenoxy) is 3. The van der Waals surface area contributed by atoms with Gasteiger partial charge in [0.15, 0.2) is 18.1 Å². The Kier molecular flexibility index (Phi) is 5.95. The Morgan fingerprint density at radius 3 is 2.68 bits per heavy atom. The van der Waals surface area contributed by atoms with E-state index in [4.69, 9.17) is 26.9 Å². The van der Waals surface area contributed by atoms with Gasteiger partial charge < -0.3 is 20.1 Å². The van der Waals surface area contributed by atoms with Crippen LogP contribution in [0, 0.1) is 0 Å². The summed E-state index contributed by atoms with van der Waals surface area (Å²) in [6.07, 6.45) is 1.40. The van der Waals surface area contributed by atoms with Crippen LogP contribution in [0.25, 0.3) is 0 Å². The van der Waals surface area contributed by atoms with Gasteiger partial charge >= 0.3 is 5.97 Å². The fourth-order valence-electron chi connectivity index (χ4n) is 1.31. The third-order valence-corrected chi connectivity index (χ3v) is 2.48. The van der Waals surface area contributed by atoms with E-state index < -0.39 is 5.97 Å². The molecule has 0 bridgehead atoms. The van der Waals surface area contributed by atoms with Crippen molar-refractivity contribution in [2.75, 3.05) is 20.3 Å². The van der Waals surface area contributed by atoms with Crippen LogP contribution in [-0.2, 0) is 9.53 Å². The van der Waals surface area contributed by atoms with Crippen molar-refractivity contribution in [3.63, 3.8) is 0 Å². The first-order valence-corrected chi connectivity index (χ1v) is 5.89. The zero-order chi connectivity index (χ0) is 14.3. The molecule has 0 amide bonds. The molecular weight excluding hydrogens is 272 g/mol. The number of methoxy groups -OCH3 is 1. The lowest BCUT2D eigenvalue weighted by Crippen LogP contribution is -2.13. The second-order valence-corrected chi connectivity index (χ2v) is 3.80. The highest BCUT2D eigenvalue weighted by Crippen LogP contribution is 2.33. The number of benzene rings is 1. The fourth-order valence-corrected chi connectivity index (χ4v) is 1.51. The fraction of sp³-hybridized carbons (Fsp3) is 0.333. The van der Waals surface area contributed by atoms with E-state index in [1.807, 2.05) is 6.92 Å². The molecule has 2 N–H and O–H groups in total. The molecule has 0 aliphatic carbocycles. The van der Waals surface area contributed by atoms with Crippen LogP contribution in [0.3, 0.4) is 0 Å². The number of nitrogens with zero attached hydrogens (tertiary/aromatic N) is 1. The lowest BCUT2D eigenvalue weighted by molar-refractivity contribution is -0.142. The van der Waals surface area contributed by atoms with Crippen LogP contribution in [0.1, 0.15) is 12.5 Å². The van der Waals surface area contributed by atoms with E-state index in [1.165, 1.54) is 19.4 Å². The second kappa shape index (κ2) is 7.48. The monoisotopic (exact) mass is 286 g/mol. The molecule has 0 atom stereocenters. The average Bonchev–Trinajstić information content (AvgIpc) is 2.40. The van der Waals surface area contributed by atoms with E-state index in [0.29, 0.717) is 28.7 Å². The number of carbonyl (C=O) groups excluding carboxylic acids is 1. The summed E-state index contributed by atoms with van der Waals surface area (Å²) in [7, 11) is 1.28. The zero-order valence-corrected chi connectivity index (χ0v) is 11.4. The minimum absolute atomic E-state index is 0.225. The summed E-state index contributed by atoms with van der Waals surface area (Å²) in [5, 5.41) is 3.79. The minimum atomic E-state index is -0.494. The van der Waals surface area contributed by atoms with Crippen LogP contribution in [0.2, 0.25) is 5.02 Å². The standard InChI is InChI=1S/C12H15ClN2O4/c1-3-18-10-4-8(6-15-14)9(13)5-11(10)19-7-12(16)17-2/h4-6H,3,7,14H2,1-2H3. The van der Waals surface area contributed by atoms with Crippen LogP contribution < -0.4 is 15.3 Å². The van der Waals surface area contributed by atoms with Gasteiger partial charge in [-0.2, -0.15) is 5.10 Å². The van der Waals surface area contributed by atoms with Gasteiger partial charge in [-0.1, -0.05) is 11.6 Å². The highest BCUT2D eigenvalue weighted by Gasteiger charge is 2.12. The van der Waals surface area contributed by atoms with Gasteiger partial charge in [-0.3, -0.25) is 0 Å². The van der Waals surface area contributed by atoms with Crippen LogP contribution in [0.4, 0.5) is 0 Å². The Labute approximate surface area is 116 Å². The number of carbonyl (C=O) groups is 1. The van der Waals surface area contributed by atoms with Crippen LogP contribution >= 0.6 is 11.6 Å². The highest BCUT2D eigenvalue weighted by molar-refractivity contribution is 6.33. The number of rotatable bonds is 6. The topological polar surface area (TPSA) is 83.1 Å². The zero-order valence-electron chi connectivity index (χ0n) is 10.7. The van der Waals surface area contributed by atoms with Crippen molar-refractivity contribution in [1.82, 2.24) is 0 Å². The van der Waals surface area contributed by atoms with Crippen molar-refractivity contribution in [2.24, 2.45) is 10.9 Å².